The molecule has 1 amide bonds. The summed E-state index contributed by atoms with van der Waals surface area (Å²) in [5.41, 5.74) is 2.75. The zero-order chi connectivity index (χ0) is 18.4. The second-order valence-electron chi connectivity index (χ2n) is 5.80. The number of aryl methyl sites for hydroxylation is 1. The largest absolute Gasteiger partial charge is 0.355 e. The summed E-state index contributed by atoms with van der Waals surface area (Å²) in [6.45, 7) is 1.26. The molecule has 26 heavy (non-hydrogen) atoms. The molecule has 142 valence electrons. The highest BCUT2D eigenvalue weighted by molar-refractivity contribution is 14.0. The maximum Gasteiger partial charge on any atom is 0.251 e. The summed E-state index contributed by atoms with van der Waals surface area (Å²) in [6.07, 6.45) is 1.88. The summed E-state index contributed by atoms with van der Waals surface area (Å²) in [5, 5.41) is 6.67. The van der Waals surface area contributed by atoms with E-state index in [-0.39, 0.29) is 29.9 Å². The monoisotopic (exact) mass is 489 g/mol. The predicted octanol–water partition coefficient (Wildman–Crippen LogP) is 2.86. The number of guanidine groups is 1. The van der Waals surface area contributed by atoms with E-state index < -0.39 is 0 Å². The van der Waals surface area contributed by atoms with E-state index in [2.05, 4.69) is 15.6 Å². The SMILES string of the molecule is CN=C(NCc1cccc(C(=O)NC)c1)N(C)Cc1cc(Cl)cn1C.I. The fourth-order valence-electron chi connectivity index (χ4n) is 2.57. The maximum absolute atomic E-state index is 11.7. The first-order valence-corrected chi connectivity index (χ1v) is 8.36. The summed E-state index contributed by atoms with van der Waals surface area (Å²) in [4.78, 5) is 18.1. The first-order chi connectivity index (χ1) is 11.9. The number of halogens is 2. The van der Waals surface area contributed by atoms with Crippen molar-refractivity contribution in [3.05, 3.63) is 58.4 Å². The van der Waals surface area contributed by atoms with Crippen LogP contribution in [0.2, 0.25) is 5.02 Å². The van der Waals surface area contributed by atoms with E-state index in [4.69, 9.17) is 11.6 Å². The second kappa shape index (κ2) is 10.4. The van der Waals surface area contributed by atoms with E-state index in [1.807, 2.05) is 54.0 Å². The van der Waals surface area contributed by atoms with Crippen LogP contribution >= 0.6 is 35.6 Å². The molecular formula is C18H25ClIN5O. The Hall–Kier alpha value is -1.74. The molecule has 1 aromatic heterocycles. The number of carbonyl (C=O) groups excluding carboxylic acids is 1. The number of benzene rings is 1. The molecule has 0 fully saturated rings. The summed E-state index contributed by atoms with van der Waals surface area (Å²) < 4.78 is 2.00. The highest BCUT2D eigenvalue weighted by atomic mass is 127. The minimum Gasteiger partial charge on any atom is -0.355 e. The maximum atomic E-state index is 11.7. The Bertz CT molecular complexity index is 775. The Morgan fingerprint density at radius 2 is 2.08 bits per heavy atom. The molecule has 8 heteroatoms. The number of aliphatic imine (C=N–C) groups is 1. The third kappa shape index (κ3) is 5.91. The van der Waals surface area contributed by atoms with Gasteiger partial charge in [0.15, 0.2) is 5.96 Å². The first kappa shape index (κ1) is 22.3. The lowest BCUT2D eigenvalue weighted by atomic mass is 10.1. The average molecular weight is 490 g/mol. The molecule has 2 aromatic rings. The van der Waals surface area contributed by atoms with Crippen LogP contribution in [0.25, 0.3) is 0 Å². The minimum absolute atomic E-state index is 0. The van der Waals surface area contributed by atoms with Crippen molar-refractivity contribution in [2.24, 2.45) is 12.0 Å². The van der Waals surface area contributed by atoms with Crippen LogP contribution < -0.4 is 10.6 Å². The molecule has 1 aromatic carbocycles. The van der Waals surface area contributed by atoms with Crippen molar-refractivity contribution in [3.63, 3.8) is 0 Å². The molecule has 0 aliphatic heterocycles. The van der Waals surface area contributed by atoms with Crippen molar-refractivity contribution in [1.29, 1.82) is 0 Å². The zero-order valence-corrected chi connectivity index (χ0v) is 18.5. The number of rotatable bonds is 5. The summed E-state index contributed by atoms with van der Waals surface area (Å²) in [7, 11) is 7.31. The van der Waals surface area contributed by atoms with Gasteiger partial charge in [-0.05, 0) is 23.8 Å². The van der Waals surface area contributed by atoms with Gasteiger partial charge in [0.1, 0.15) is 0 Å². The van der Waals surface area contributed by atoms with Crippen LogP contribution in [0, 0.1) is 0 Å². The summed E-state index contributed by atoms with van der Waals surface area (Å²) in [6, 6.07) is 9.46. The molecule has 0 aliphatic carbocycles. The molecule has 0 spiro atoms. The van der Waals surface area contributed by atoms with E-state index in [1.165, 1.54) is 0 Å². The summed E-state index contributed by atoms with van der Waals surface area (Å²) in [5.74, 6) is 0.673. The molecule has 0 saturated carbocycles. The smallest absolute Gasteiger partial charge is 0.251 e. The highest BCUT2D eigenvalue weighted by Gasteiger charge is 2.10. The number of nitrogens with zero attached hydrogens (tertiary/aromatic N) is 3. The summed E-state index contributed by atoms with van der Waals surface area (Å²) >= 11 is 6.04. The van der Waals surface area contributed by atoms with Gasteiger partial charge in [-0.25, -0.2) is 0 Å². The van der Waals surface area contributed by atoms with E-state index in [1.54, 1.807) is 20.2 Å². The van der Waals surface area contributed by atoms with Crippen LogP contribution in [0.1, 0.15) is 21.6 Å². The molecule has 2 rings (SSSR count). The van der Waals surface area contributed by atoms with Crippen molar-refractivity contribution in [3.8, 4) is 0 Å². The molecule has 0 aliphatic rings. The van der Waals surface area contributed by atoms with E-state index in [0.29, 0.717) is 18.7 Å². The van der Waals surface area contributed by atoms with Gasteiger partial charge in [-0.1, -0.05) is 23.7 Å². The third-order valence-corrected chi connectivity index (χ3v) is 4.12. The standard InChI is InChI=1S/C18H24ClN5O.HI/c1-20-17(25)14-7-5-6-13(8-14)10-22-18(21-2)24(4)12-16-9-15(19)11-23(16)3;/h5-9,11H,10,12H2,1-4H3,(H,20,25)(H,21,22);1H. The number of hydrogen-bond donors (Lipinski definition) is 2. The van der Waals surface area contributed by atoms with E-state index >= 15 is 0 Å². The first-order valence-electron chi connectivity index (χ1n) is 7.98. The average Bonchev–Trinajstić information content (AvgIpc) is 2.92. The number of hydrogen-bond acceptors (Lipinski definition) is 2. The quantitative estimate of drug-likeness (QED) is 0.386. The van der Waals surface area contributed by atoms with E-state index in [0.717, 1.165) is 22.2 Å². The van der Waals surface area contributed by atoms with Crippen molar-refractivity contribution in [2.75, 3.05) is 21.1 Å². The number of aromatic nitrogens is 1. The third-order valence-electron chi connectivity index (χ3n) is 3.91. The van der Waals surface area contributed by atoms with Crippen molar-refractivity contribution >= 4 is 47.4 Å². The lowest BCUT2D eigenvalue weighted by Crippen LogP contribution is -2.38. The van der Waals surface area contributed by atoms with Gasteiger partial charge in [-0.3, -0.25) is 9.79 Å². The van der Waals surface area contributed by atoms with Gasteiger partial charge in [0.2, 0.25) is 0 Å². The van der Waals surface area contributed by atoms with Gasteiger partial charge in [-0.2, -0.15) is 0 Å². The van der Waals surface area contributed by atoms with Gasteiger partial charge < -0.3 is 20.1 Å². The Kier molecular flexibility index (Phi) is 8.94. The van der Waals surface area contributed by atoms with Crippen LogP contribution in [0.15, 0.2) is 41.5 Å². The number of amides is 1. The Morgan fingerprint density at radius 3 is 2.65 bits per heavy atom. The fraction of sp³-hybridized carbons (Fsp3) is 0.333. The molecule has 0 saturated heterocycles. The molecule has 2 N–H and O–H groups in total. The van der Waals surface area contributed by atoms with Gasteiger partial charge >= 0.3 is 0 Å². The molecule has 0 unspecified atom stereocenters. The van der Waals surface area contributed by atoms with Gasteiger partial charge in [0.25, 0.3) is 5.91 Å². The van der Waals surface area contributed by atoms with Gasteiger partial charge in [0.05, 0.1) is 11.6 Å². The second-order valence-corrected chi connectivity index (χ2v) is 6.23. The zero-order valence-electron chi connectivity index (χ0n) is 15.4. The molecule has 6 nitrogen and oxygen atoms in total. The van der Waals surface area contributed by atoms with Crippen LogP contribution in [0.3, 0.4) is 0 Å². The van der Waals surface area contributed by atoms with Gasteiger partial charge in [0, 0.05) is 52.2 Å². The lowest BCUT2D eigenvalue weighted by molar-refractivity contribution is 0.0963. The van der Waals surface area contributed by atoms with Crippen LogP contribution in [0.5, 0.6) is 0 Å². The van der Waals surface area contributed by atoms with Crippen molar-refractivity contribution in [1.82, 2.24) is 20.1 Å². The van der Waals surface area contributed by atoms with Crippen LogP contribution in [-0.2, 0) is 20.1 Å². The molecule has 0 radical (unpaired) electrons. The molecule has 1 heterocycles. The van der Waals surface area contributed by atoms with Crippen LogP contribution in [0.4, 0.5) is 0 Å². The van der Waals surface area contributed by atoms with E-state index in [9.17, 15) is 4.79 Å². The minimum atomic E-state index is -0.0936. The van der Waals surface area contributed by atoms with Crippen molar-refractivity contribution in [2.45, 2.75) is 13.1 Å². The number of nitrogens with one attached hydrogen (secondary N) is 2. The Morgan fingerprint density at radius 1 is 1.35 bits per heavy atom. The molecule has 0 atom stereocenters. The van der Waals surface area contributed by atoms with Crippen molar-refractivity contribution < 1.29 is 4.79 Å². The predicted molar refractivity (Wildman–Crippen MR) is 117 cm³/mol. The Balaban J connectivity index is 0.00000338. The Labute approximate surface area is 176 Å². The topological polar surface area (TPSA) is 61.7 Å². The fourth-order valence-corrected chi connectivity index (χ4v) is 2.85. The molecule has 0 bridgehead atoms. The highest BCUT2D eigenvalue weighted by Crippen LogP contribution is 2.14. The number of carbonyl (C=O) groups is 1. The van der Waals surface area contributed by atoms with Gasteiger partial charge in [-0.15, -0.1) is 24.0 Å². The lowest BCUT2D eigenvalue weighted by Gasteiger charge is -2.22. The molecular weight excluding hydrogens is 465 g/mol. The normalized spacial score (nSPS) is 10.9. The van der Waals surface area contributed by atoms with Crippen LogP contribution in [-0.4, -0.2) is 42.5 Å².